The van der Waals surface area contributed by atoms with Gasteiger partial charge >= 0.3 is 0 Å². The summed E-state index contributed by atoms with van der Waals surface area (Å²) in [6.45, 7) is 1.35. The van der Waals surface area contributed by atoms with Crippen molar-refractivity contribution in [3.05, 3.63) is 28.5 Å². The first kappa shape index (κ1) is 11.0. The molecule has 0 aliphatic carbocycles. The highest BCUT2D eigenvalue weighted by molar-refractivity contribution is 9.10. The van der Waals surface area contributed by atoms with Gasteiger partial charge in [0.25, 0.3) is 0 Å². The van der Waals surface area contributed by atoms with Crippen molar-refractivity contribution in [2.75, 3.05) is 13.2 Å². The average Bonchev–Trinajstić information content (AvgIpc) is 2.31. The number of hydrogen-bond acceptors (Lipinski definition) is 4. The van der Waals surface area contributed by atoms with Gasteiger partial charge in [-0.15, -0.1) is 0 Å². The maximum atomic E-state index is 5.41. The first-order valence-corrected chi connectivity index (χ1v) is 5.64. The molecule has 1 saturated heterocycles. The van der Waals surface area contributed by atoms with Crippen LogP contribution >= 0.6 is 15.9 Å². The Morgan fingerprint density at radius 2 is 2.13 bits per heavy atom. The molecule has 1 aromatic rings. The quantitative estimate of drug-likeness (QED) is 0.658. The van der Waals surface area contributed by atoms with Crippen LogP contribution in [0.3, 0.4) is 0 Å². The summed E-state index contributed by atoms with van der Waals surface area (Å²) in [7, 11) is 0. The van der Waals surface area contributed by atoms with Gasteiger partial charge in [0, 0.05) is 37.8 Å². The highest BCUT2D eigenvalue weighted by Crippen LogP contribution is 2.34. The van der Waals surface area contributed by atoms with Gasteiger partial charge in [0.1, 0.15) is 10.2 Å². The van der Waals surface area contributed by atoms with Crippen molar-refractivity contribution >= 4 is 15.9 Å². The Balaban J connectivity index is 2.28. The largest absolute Gasteiger partial charge is 0.381 e. The van der Waals surface area contributed by atoms with E-state index < -0.39 is 5.60 Å². The summed E-state index contributed by atoms with van der Waals surface area (Å²) in [5, 5.41) is 0. The Morgan fingerprint density at radius 3 is 2.67 bits per heavy atom. The molecule has 0 aromatic carbocycles. The lowest BCUT2D eigenvalue weighted by Crippen LogP contribution is -2.38. The molecule has 1 aliphatic heterocycles. The van der Waals surface area contributed by atoms with Crippen LogP contribution in [0.5, 0.6) is 0 Å². The molecule has 0 radical (unpaired) electrons. The third-order valence-corrected chi connectivity index (χ3v) is 3.25. The SMILES string of the molecule is NOC1(c2ccc(Br)nc2)CCOCC1. The maximum absolute atomic E-state index is 5.41. The van der Waals surface area contributed by atoms with E-state index in [0.717, 1.165) is 23.0 Å². The molecule has 0 bridgehead atoms. The second-order valence-electron chi connectivity index (χ2n) is 3.59. The standard InChI is InChI=1S/C10H13BrN2O2/c11-9-2-1-8(7-13-9)10(15-12)3-5-14-6-4-10/h1-2,7H,3-6,12H2. The van der Waals surface area contributed by atoms with Crippen LogP contribution in [0.25, 0.3) is 0 Å². The van der Waals surface area contributed by atoms with E-state index in [1.165, 1.54) is 0 Å². The molecule has 1 fully saturated rings. The number of hydrogen-bond donors (Lipinski definition) is 1. The van der Waals surface area contributed by atoms with E-state index in [4.69, 9.17) is 15.5 Å². The van der Waals surface area contributed by atoms with E-state index in [1.54, 1.807) is 6.20 Å². The summed E-state index contributed by atoms with van der Waals surface area (Å²) in [4.78, 5) is 9.36. The zero-order chi connectivity index (χ0) is 10.7. The van der Waals surface area contributed by atoms with Gasteiger partial charge in [-0.25, -0.2) is 10.9 Å². The van der Waals surface area contributed by atoms with E-state index in [2.05, 4.69) is 20.9 Å². The summed E-state index contributed by atoms with van der Waals surface area (Å²) in [6.07, 6.45) is 3.34. The van der Waals surface area contributed by atoms with Gasteiger partial charge in [0.2, 0.25) is 0 Å². The van der Waals surface area contributed by atoms with Crippen molar-refractivity contribution in [1.82, 2.24) is 4.98 Å². The minimum absolute atomic E-state index is 0.425. The van der Waals surface area contributed by atoms with Crippen molar-refractivity contribution in [3.63, 3.8) is 0 Å². The highest BCUT2D eigenvalue weighted by Gasteiger charge is 2.35. The van der Waals surface area contributed by atoms with Crippen molar-refractivity contribution in [3.8, 4) is 0 Å². The topological polar surface area (TPSA) is 57.4 Å². The van der Waals surface area contributed by atoms with E-state index in [-0.39, 0.29) is 0 Å². The number of rotatable bonds is 2. The summed E-state index contributed by atoms with van der Waals surface area (Å²) in [6, 6.07) is 3.88. The first-order valence-electron chi connectivity index (χ1n) is 4.84. The van der Waals surface area contributed by atoms with Gasteiger partial charge in [0.15, 0.2) is 0 Å². The number of halogens is 1. The molecule has 0 saturated carbocycles. The van der Waals surface area contributed by atoms with Crippen LogP contribution in [0.2, 0.25) is 0 Å². The number of nitrogens with zero attached hydrogens (tertiary/aromatic N) is 1. The van der Waals surface area contributed by atoms with Gasteiger partial charge in [-0.2, -0.15) is 0 Å². The van der Waals surface area contributed by atoms with Crippen LogP contribution in [0, 0.1) is 0 Å². The highest BCUT2D eigenvalue weighted by atomic mass is 79.9. The summed E-state index contributed by atoms with van der Waals surface area (Å²) in [5.41, 5.74) is 0.586. The van der Waals surface area contributed by atoms with E-state index in [0.29, 0.717) is 13.2 Å². The van der Waals surface area contributed by atoms with Crippen molar-refractivity contribution in [1.29, 1.82) is 0 Å². The predicted molar refractivity (Wildman–Crippen MR) is 58.9 cm³/mol. The van der Waals surface area contributed by atoms with Gasteiger partial charge in [0.05, 0.1) is 0 Å². The summed E-state index contributed by atoms with van der Waals surface area (Å²) in [5.74, 6) is 5.41. The molecule has 0 atom stereocenters. The van der Waals surface area contributed by atoms with Gasteiger partial charge < -0.3 is 4.74 Å². The molecule has 1 aromatic heterocycles. The van der Waals surface area contributed by atoms with Crippen LogP contribution in [-0.2, 0) is 15.2 Å². The zero-order valence-electron chi connectivity index (χ0n) is 8.28. The lowest BCUT2D eigenvalue weighted by atomic mass is 9.87. The second-order valence-corrected chi connectivity index (χ2v) is 4.41. The molecule has 0 spiro atoms. The molecule has 1 aliphatic rings. The molecule has 0 unspecified atom stereocenters. The molecule has 5 heteroatoms. The normalized spacial score (nSPS) is 20.1. The molecule has 2 heterocycles. The van der Waals surface area contributed by atoms with Crippen LogP contribution in [0.1, 0.15) is 18.4 Å². The maximum Gasteiger partial charge on any atom is 0.120 e. The Hall–Kier alpha value is -0.490. The third kappa shape index (κ3) is 2.20. The monoisotopic (exact) mass is 272 g/mol. The molecular weight excluding hydrogens is 260 g/mol. The number of ether oxygens (including phenoxy) is 1. The Labute approximate surface area is 96.9 Å². The van der Waals surface area contributed by atoms with E-state index in [9.17, 15) is 0 Å². The molecule has 0 amide bonds. The molecule has 2 N–H and O–H groups in total. The van der Waals surface area contributed by atoms with Gasteiger partial charge in [-0.05, 0) is 22.0 Å². The molecule has 2 rings (SSSR count). The minimum Gasteiger partial charge on any atom is -0.381 e. The number of nitrogens with two attached hydrogens (primary N) is 1. The van der Waals surface area contributed by atoms with Gasteiger partial charge in [-0.1, -0.05) is 6.07 Å². The fourth-order valence-electron chi connectivity index (χ4n) is 1.82. The second kappa shape index (κ2) is 4.57. The summed E-state index contributed by atoms with van der Waals surface area (Å²) >= 11 is 3.30. The van der Waals surface area contributed by atoms with Crippen LogP contribution in [0.4, 0.5) is 0 Å². The molecular formula is C10H13BrN2O2. The Kier molecular flexibility index (Phi) is 3.35. The Bertz CT molecular complexity index is 323. The minimum atomic E-state index is -0.425. The Morgan fingerprint density at radius 1 is 1.40 bits per heavy atom. The fraction of sp³-hybridized carbons (Fsp3) is 0.500. The fourth-order valence-corrected chi connectivity index (χ4v) is 2.06. The molecule has 82 valence electrons. The predicted octanol–water partition coefficient (Wildman–Crippen LogP) is 1.74. The smallest absolute Gasteiger partial charge is 0.120 e. The lowest BCUT2D eigenvalue weighted by molar-refractivity contribution is -0.119. The van der Waals surface area contributed by atoms with Crippen molar-refractivity contribution < 1.29 is 9.57 Å². The zero-order valence-corrected chi connectivity index (χ0v) is 9.87. The lowest BCUT2D eigenvalue weighted by Gasteiger charge is -2.34. The van der Waals surface area contributed by atoms with Crippen LogP contribution in [-0.4, -0.2) is 18.2 Å². The average molecular weight is 273 g/mol. The number of pyridine rings is 1. The van der Waals surface area contributed by atoms with Crippen LogP contribution in [0.15, 0.2) is 22.9 Å². The van der Waals surface area contributed by atoms with E-state index in [1.807, 2.05) is 12.1 Å². The van der Waals surface area contributed by atoms with Crippen molar-refractivity contribution in [2.45, 2.75) is 18.4 Å². The van der Waals surface area contributed by atoms with Crippen molar-refractivity contribution in [2.24, 2.45) is 5.90 Å². The number of aromatic nitrogens is 1. The summed E-state index contributed by atoms with van der Waals surface area (Å²) < 4.78 is 6.12. The third-order valence-electron chi connectivity index (χ3n) is 2.78. The van der Waals surface area contributed by atoms with Gasteiger partial charge in [-0.3, -0.25) is 4.84 Å². The molecule has 15 heavy (non-hydrogen) atoms. The van der Waals surface area contributed by atoms with Crippen LogP contribution < -0.4 is 5.90 Å². The molecule has 4 nitrogen and oxygen atoms in total. The van der Waals surface area contributed by atoms with E-state index >= 15 is 0 Å². The first-order chi connectivity index (χ1) is 7.27.